The first-order valence-electron chi connectivity index (χ1n) is 6.68. The van der Waals surface area contributed by atoms with Gasteiger partial charge in [-0.3, -0.25) is 0 Å². The Balaban J connectivity index is 2.32. The molecule has 0 saturated heterocycles. The molecule has 0 bridgehead atoms. The average molecular weight is 277 g/mol. The molecule has 7 nitrogen and oxygen atoms in total. The van der Waals surface area contributed by atoms with E-state index in [4.69, 9.17) is 0 Å². The molecule has 2 aromatic heterocycles. The fraction of sp³-hybridized carbons (Fsp3) is 0.538. The molecule has 0 fully saturated rings. The number of aryl methyl sites for hydroxylation is 1. The Bertz CT molecular complexity index is 608. The highest BCUT2D eigenvalue weighted by molar-refractivity contribution is 5.86. The van der Waals surface area contributed by atoms with Gasteiger partial charge in [0.25, 0.3) is 0 Å². The fourth-order valence-corrected chi connectivity index (χ4v) is 2.08. The maximum atomic E-state index is 11.3. The smallest absolute Gasteiger partial charge is 0.326 e. The third-order valence-electron chi connectivity index (χ3n) is 3.06. The molecule has 0 radical (unpaired) electrons. The second kappa shape index (κ2) is 5.85. The van der Waals surface area contributed by atoms with Crippen LogP contribution in [0.5, 0.6) is 0 Å². The number of fused-ring (bicyclic) bond motifs is 1. The van der Waals surface area contributed by atoms with Crippen molar-refractivity contribution in [2.24, 2.45) is 5.92 Å². The lowest BCUT2D eigenvalue weighted by Gasteiger charge is -2.16. The summed E-state index contributed by atoms with van der Waals surface area (Å²) in [5.41, 5.74) is 1.31. The minimum atomic E-state index is -0.889. The molecule has 0 amide bonds. The molecule has 0 aliphatic heterocycles. The monoisotopic (exact) mass is 277 g/mol. The van der Waals surface area contributed by atoms with Crippen molar-refractivity contribution in [3.63, 3.8) is 0 Å². The van der Waals surface area contributed by atoms with Crippen LogP contribution in [0.2, 0.25) is 0 Å². The Morgan fingerprint density at radius 3 is 2.75 bits per heavy atom. The standard InChI is InChI=1S/C13H19N5O2/c1-4-18-7-16-10-11(14-6-15-12(10)18)17-9(13(19)20)5-8(2)3/h6-9H,4-5H2,1-3H3,(H,19,20)(H,14,15,17). The van der Waals surface area contributed by atoms with E-state index in [-0.39, 0.29) is 5.92 Å². The third-order valence-corrected chi connectivity index (χ3v) is 3.06. The number of carboxylic acids is 1. The lowest BCUT2D eigenvalue weighted by molar-refractivity contribution is -0.138. The van der Waals surface area contributed by atoms with Gasteiger partial charge in [-0.25, -0.2) is 19.7 Å². The third kappa shape index (κ3) is 2.87. The van der Waals surface area contributed by atoms with E-state index in [9.17, 15) is 9.90 Å². The number of carbonyl (C=O) groups is 1. The summed E-state index contributed by atoms with van der Waals surface area (Å²) in [5, 5.41) is 12.2. The van der Waals surface area contributed by atoms with Crippen molar-refractivity contribution in [3.8, 4) is 0 Å². The Kier molecular flexibility index (Phi) is 4.16. The number of carboxylic acid groups (broad SMARTS) is 1. The minimum absolute atomic E-state index is 0.272. The van der Waals surface area contributed by atoms with Gasteiger partial charge < -0.3 is 15.0 Å². The molecule has 7 heteroatoms. The first kappa shape index (κ1) is 14.2. The zero-order valence-corrected chi connectivity index (χ0v) is 11.9. The van der Waals surface area contributed by atoms with Crippen molar-refractivity contribution < 1.29 is 9.90 Å². The molecule has 1 unspecified atom stereocenters. The van der Waals surface area contributed by atoms with Crippen molar-refractivity contribution in [2.45, 2.75) is 39.8 Å². The molecule has 2 N–H and O–H groups in total. The van der Waals surface area contributed by atoms with E-state index in [0.717, 1.165) is 6.54 Å². The molecule has 0 aliphatic rings. The van der Waals surface area contributed by atoms with Gasteiger partial charge in [-0.2, -0.15) is 0 Å². The van der Waals surface area contributed by atoms with E-state index in [1.807, 2.05) is 25.3 Å². The molecule has 1 atom stereocenters. The topological polar surface area (TPSA) is 92.9 Å². The number of rotatable bonds is 6. The Morgan fingerprint density at radius 2 is 2.15 bits per heavy atom. The van der Waals surface area contributed by atoms with E-state index in [1.165, 1.54) is 6.33 Å². The van der Waals surface area contributed by atoms with Crippen LogP contribution in [0.1, 0.15) is 27.2 Å². The SMILES string of the molecule is CCn1cnc2c(NC(CC(C)C)C(=O)O)ncnc21. The second-order valence-corrected chi connectivity index (χ2v) is 5.09. The predicted molar refractivity (Wildman–Crippen MR) is 75.5 cm³/mol. The number of nitrogens with zero attached hydrogens (tertiary/aromatic N) is 4. The van der Waals surface area contributed by atoms with Crippen molar-refractivity contribution in [1.82, 2.24) is 19.5 Å². The van der Waals surface area contributed by atoms with Crippen LogP contribution in [0.4, 0.5) is 5.82 Å². The largest absolute Gasteiger partial charge is 0.480 e. The highest BCUT2D eigenvalue weighted by Crippen LogP contribution is 2.19. The number of anilines is 1. The van der Waals surface area contributed by atoms with Crippen LogP contribution >= 0.6 is 0 Å². The van der Waals surface area contributed by atoms with Crippen LogP contribution in [0.15, 0.2) is 12.7 Å². The van der Waals surface area contributed by atoms with Gasteiger partial charge in [-0.1, -0.05) is 13.8 Å². The summed E-state index contributed by atoms with van der Waals surface area (Å²) in [6.07, 6.45) is 3.63. The zero-order valence-electron chi connectivity index (χ0n) is 11.9. The maximum absolute atomic E-state index is 11.3. The molecule has 108 valence electrons. The predicted octanol–water partition coefficient (Wildman–Crippen LogP) is 1.76. The van der Waals surface area contributed by atoms with Gasteiger partial charge in [0.05, 0.1) is 6.33 Å². The first-order valence-corrected chi connectivity index (χ1v) is 6.68. The molecule has 0 saturated carbocycles. The highest BCUT2D eigenvalue weighted by atomic mass is 16.4. The van der Waals surface area contributed by atoms with Crippen LogP contribution in [0.3, 0.4) is 0 Å². The molecule has 2 aromatic rings. The normalized spacial score (nSPS) is 12.8. The summed E-state index contributed by atoms with van der Waals surface area (Å²) in [6.45, 7) is 6.72. The van der Waals surface area contributed by atoms with Gasteiger partial charge in [0.2, 0.25) is 0 Å². The molecular formula is C13H19N5O2. The average Bonchev–Trinajstić information content (AvgIpc) is 2.81. The number of nitrogens with one attached hydrogen (secondary N) is 1. The van der Waals surface area contributed by atoms with Crippen LogP contribution in [-0.4, -0.2) is 36.6 Å². The van der Waals surface area contributed by atoms with Gasteiger partial charge >= 0.3 is 5.97 Å². The van der Waals surface area contributed by atoms with Crippen molar-refractivity contribution >= 4 is 23.0 Å². The van der Waals surface area contributed by atoms with Crippen molar-refractivity contribution in [2.75, 3.05) is 5.32 Å². The van der Waals surface area contributed by atoms with E-state index in [2.05, 4.69) is 20.3 Å². The lowest BCUT2D eigenvalue weighted by atomic mass is 10.0. The van der Waals surface area contributed by atoms with Crippen LogP contribution < -0.4 is 5.32 Å². The van der Waals surface area contributed by atoms with E-state index >= 15 is 0 Å². The van der Waals surface area contributed by atoms with Gasteiger partial charge in [0.15, 0.2) is 11.5 Å². The quantitative estimate of drug-likeness (QED) is 0.835. The summed E-state index contributed by atoms with van der Waals surface area (Å²) in [4.78, 5) is 23.9. The van der Waals surface area contributed by atoms with Crippen molar-refractivity contribution in [3.05, 3.63) is 12.7 Å². The minimum Gasteiger partial charge on any atom is -0.480 e. The molecule has 0 spiro atoms. The van der Waals surface area contributed by atoms with Gasteiger partial charge in [0.1, 0.15) is 17.9 Å². The first-order chi connectivity index (χ1) is 9.52. The van der Waals surface area contributed by atoms with E-state index in [0.29, 0.717) is 23.4 Å². The summed E-state index contributed by atoms with van der Waals surface area (Å²) in [6, 6.07) is -0.681. The van der Waals surface area contributed by atoms with Crippen LogP contribution in [-0.2, 0) is 11.3 Å². The van der Waals surface area contributed by atoms with Crippen LogP contribution in [0.25, 0.3) is 11.2 Å². The summed E-state index contributed by atoms with van der Waals surface area (Å²) in [5.74, 6) is -0.148. The van der Waals surface area contributed by atoms with Crippen LogP contribution in [0, 0.1) is 5.92 Å². The molecule has 0 aromatic carbocycles. The Hall–Kier alpha value is -2.18. The van der Waals surface area contributed by atoms with Crippen molar-refractivity contribution in [1.29, 1.82) is 0 Å². The maximum Gasteiger partial charge on any atom is 0.326 e. The molecule has 0 aliphatic carbocycles. The van der Waals surface area contributed by atoms with E-state index in [1.54, 1.807) is 6.33 Å². The molecular weight excluding hydrogens is 258 g/mol. The van der Waals surface area contributed by atoms with E-state index < -0.39 is 12.0 Å². The summed E-state index contributed by atoms with van der Waals surface area (Å²) in [7, 11) is 0. The number of imidazole rings is 1. The number of hydrogen-bond acceptors (Lipinski definition) is 5. The van der Waals surface area contributed by atoms with Gasteiger partial charge in [-0.15, -0.1) is 0 Å². The summed E-state index contributed by atoms with van der Waals surface area (Å²) < 4.78 is 1.89. The fourth-order valence-electron chi connectivity index (χ4n) is 2.08. The Morgan fingerprint density at radius 1 is 1.40 bits per heavy atom. The highest BCUT2D eigenvalue weighted by Gasteiger charge is 2.21. The zero-order chi connectivity index (χ0) is 14.7. The van der Waals surface area contributed by atoms with Gasteiger partial charge in [0, 0.05) is 6.54 Å². The number of aromatic nitrogens is 4. The molecule has 2 rings (SSSR count). The summed E-state index contributed by atoms with van der Waals surface area (Å²) >= 11 is 0. The number of aliphatic carboxylic acids is 1. The lowest BCUT2D eigenvalue weighted by Crippen LogP contribution is -2.31. The number of hydrogen-bond donors (Lipinski definition) is 2. The second-order valence-electron chi connectivity index (χ2n) is 5.09. The molecule has 20 heavy (non-hydrogen) atoms. The molecule has 2 heterocycles. The van der Waals surface area contributed by atoms with Gasteiger partial charge in [-0.05, 0) is 19.3 Å². The Labute approximate surface area is 117 Å².